The monoisotopic (exact) mass is 390 g/mol. The Morgan fingerprint density at radius 3 is 2.13 bits per heavy atom. The average Bonchev–Trinajstić information content (AvgIpc) is 2.46. The second kappa shape index (κ2) is 11.7. The lowest BCUT2D eigenvalue weighted by Gasteiger charge is -2.37. The second-order valence-electron chi connectivity index (χ2n) is 6.62. The quantitative estimate of drug-likeness (QED) is 0.765. The van der Waals surface area contributed by atoms with E-state index in [1.54, 1.807) is 0 Å². The van der Waals surface area contributed by atoms with E-state index in [-0.39, 0.29) is 43.1 Å². The molecule has 1 amide bonds. The molecule has 0 spiro atoms. The summed E-state index contributed by atoms with van der Waals surface area (Å²) in [5.74, 6) is 0.0539. The summed E-state index contributed by atoms with van der Waals surface area (Å²) in [5.41, 5.74) is 5.64. The molecule has 0 radical (unpaired) electrons. The van der Waals surface area contributed by atoms with E-state index >= 15 is 0 Å². The van der Waals surface area contributed by atoms with Crippen LogP contribution in [0.2, 0.25) is 0 Å². The molecule has 0 aromatic carbocycles. The Bertz CT molecular complexity index is 333. The summed E-state index contributed by atoms with van der Waals surface area (Å²) in [5, 5.41) is 3.08. The van der Waals surface area contributed by atoms with Gasteiger partial charge in [-0.15, -0.1) is 37.2 Å². The third-order valence-corrected chi connectivity index (χ3v) is 4.92. The van der Waals surface area contributed by atoms with Crippen molar-refractivity contribution in [3.05, 3.63) is 0 Å². The van der Waals surface area contributed by atoms with Gasteiger partial charge in [0.15, 0.2) is 0 Å². The van der Waals surface area contributed by atoms with E-state index in [2.05, 4.69) is 29.1 Å². The van der Waals surface area contributed by atoms with Crippen molar-refractivity contribution in [3.8, 4) is 0 Å². The first-order valence-electron chi connectivity index (χ1n) is 8.01. The van der Waals surface area contributed by atoms with Crippen LogP contribution in [0.4, 0.5) is 0 Å². The molecular weight excluding hydrogens is 359 g/mol. The van der Waals surface area contributed by atoms with E-state index in [1.807, 2.05) is 0 Å². The Morgan fingerprint density at radius 2 is 1.61 bits per heavy atom. The van der Waals surface area contributed by atoms with E-state index in [0.29, 0.717) is 12.6 Å². The third-order valence-electron chi connectivity index (χ3n) is 4.92. The molecule has 1 aliphatic heterocycles. The maximum absolute atomic E-state index is 12.3. The van der Waals surface area contributed by atoms with E-state index in [9.17, 15) is 4.79 Å². The lowest BCUT2D eigenvalue weighted by Crippen LogP contribution is -2.57. The Labute approximate surface area is 159 Å². The van der Waals surface area contributed by atoms with Crippen LogP contribution < -0.4 is 11.1 Å². The van der Waals surface area contributed by atoms with Crippen LogP contribution in [-0.4, -0.2) is 67.1 Å². The topological polar surface area (TPSA) is 61.6 Å². The maximum Gasteiger partial charge on any atom is 0.240 e. The molecule has 1 saturated heterocycles. The number of nitrogens with two attached hydrogens (primary N) is 1. The van der Waals surface area contributed by atoms with Crippen LogP contribution in [0.5, 0.6) is 0 Å². The first-order valence-corrected chi connectivity index (χ1v) is 8.01. The minimum atomic E-state index is -0.611. The maximum atomic E-state index is 12.3. The lowest BCUT2D eigenvalue weighted by molar-refractivity contribution is -0.127. The van der Waals surface area contributed by atoms with Crippen molar-refractivity contribution in [2.75, 3.05) is 39.8 Å². The predicted octanol–water partition coefficient (Wildman–Crippen LogP) is 1.67. The summed E-state index contributed by atoms with van der Waals surface area (Å²) < 4.78 is 0. The highest BCUT2D eigenvalue weighted by atomic mass is 35.5. The van der Waals surface area contributed by atoms with Crippen molar-refractivity contribution in [3.63, 3.8) is 0 Å². The van der Waals surface area contributed by atoms with Crippen LogP contribution in [-0.2, 0) is 4.79 Å². The Hall–Kier alpha value is 0.220. The molecule has 0 aromatic heterocycles. The smallest absolute Gasteiger partial charge is 0.240 e. The van der Waals surface area contributed by atoms with Crippen molar-refractivity contribution >= 4 is 43.1 Å². The molecule has 1 saturated carbocycles. The van der Waals surface area contributed by atoms with Crippen LogP contribution >= 0.6 is 37.2 Å². The Kier molecular flexibility index (Phi) is 13.0. The number of halogens is 3. The van der Waals surface area contributed by atoms with Crippen molar-refractivity contribution in [2.45, 2.75) is 50.6 Å². The summed E-state index contributed by atoms with van der Waals surface area (Å²) in [7, 11) is 2.16. The minimum absolute atomic E-state index is 0. The number of amides is 1. The Balaban J connectivity index is 0. The highest BCUT2D eigenvalue weighted by Crippen LogP contribution is 2.25. The first-order chi connectivity index (χ1) is 9.51. The van der Waals surface area contributed by atoms with Crippen LogP contribution in [0.25, 0.3) is 0 Å². The molecule has 140 valence electrons. The largest absolute Gasteiger partial charge is 0.353 e. The third kappa shape index (κ3) is 7.32. The molecule has 0 bridgehead atoms. The van der Waals surface area contributed by atoms with Gasteiger partial charge in [0.25, 0.3) is 0 Å². The molecule has 0 aromatic rings. The molecule has 1 aliphatic carbocycles. The zero-order valence-electron chi connectivity index (χ0n) is 14.3. The van der Waals surface area contributed by atoms with Crippen LogP contribution in [0.3, 0.4) is 0 Å². The number of carbonyl (C=O) groups is 1. The summed E-state index contributed by atoms with van der Waals surface area (Å²) in [4.78, 5) is 17.1. The summed E-state index contributed by atoms with van der Waals surface area (Å²) in [6.45, 7) is 7.29. The Morgan fingerprint density at radius 1 is 1.09 bits per heavy atom. The molecule has 2 fully saturated rings. The highest BCUT2D eigenvalue weighted by molar-refractivity contribution is 5.86. The van der Waals surface area contributed by atoms with Gasteiger partial charge in [0.05, 0.1) is 5.54 Å². The van der Waals surface area contributed by atoms with Gasteiger partial charge in [-0.05, 0) is 26.8 Å². The van der Waals surface area contributed by atoms with Crippen molar-refractivity contribution < 1.29 is 4.79 Å². The van der Waals surface area contributed by atoms with Crippen LogP contribution in [0.1, 0.15) is 39.0 Å². The average molecular weight is 392 g/mol. The van der Waals surface area contributed by atoms with Gasteiger partial charge in [0, 0.05) is 38.8 Å². The summed E-state index contributed by atoms with van der Waals surface area (Å²) >= 11 is 0. The summed E-state index contributed by atoms with van der Waals surface area (Å²) in [6, 6.07) is 0.389. The molecule has 1 atom stereocenters. The number of hydrogen-bond donors (Lipinski definition) is 2. The van der Waals surface area contributed by atoms with E-state index in [1.165, 1.54) is 6.42 Å². The fourth-order valence-corrected chi connectivity index (χ4v) is 3.22. The second-order valence-corrected chi connectivity index (χ2v) is 6.62. The van der Waals surface area contributed by atoms with Gasteiger partial charge < -0.3 is 16.0 Å². The number of carbonyl (C=O) groups excluding carboxylic acids is 1. The molecule has 2 rings (SSSR count). The number of hydrogen-bond acceptors (Lipinski definition) is 4. The first kappa shape index (κ1) is 25.5. The number of nitrogens with one attached hydrogen (secondary N) is 1. The number of likely N-dealkylation sites (N-methyl/N-ethyl adjacent to an activating group) is 1. The molecule has 23 heavy (non-hydrogen) atoms. The normalized spacial score (nSPS) is 22.7. The molecule has 1 heterocycles. The van der Waals surface area contributed by atoms with Gasteiger partial charge in [-0.3, -0.25) is 9.69 Å². The molecule has 1 unspecified atom stereocenters. The van der Waals surface area contributed by atoms with Crippen molar-refractivity contribution in [2.24, 2.45) is 5.73 Å². The molecule has 2 aliphatic rings. The molecule has 5 nitrogen and oxygen atoms in total. The van der Waals surface area contributed by atoms with Crippen molar-refractivity contribution in [1.82, 2.24) is 15.1 Å². The van der Waals surface area contributed by atoms with Gasteiger partial charge >= 0.3 is 0 Å². The van der Waals surface area contributed by atoms with Crippen LogP contribution in [0, 0.1) is 0 Å². The highest BCUT2D eigenvalue weighted by Gasteiger charge is 2.35. The number of nitrogens with zero attached hydrogens (tertiary/aromatic N) is 2. The zero-order chi connectivity index (χ0) is 14.6. The summed E-state index contributed by atoms with van der Waals surface area (Å²) in [6.07, 6.45) is 5.04. The van der Waals surface area contributed by atoms with Crippen molar-refractivity contribution in [1.29, 1.82) is 0 Å². The van der Waals surface area contributed by atoms with Gasteiger partial charge in [-0.2, -0.15) is 0 Å². The van der Waals surface area contributed by atoms with E-state index in [0.717, 1.165) is 51.9 Å². The van der Waals surface area contributed by atoms with Gasteiger partial charge in [-0.25, -0.2) is 0 Å². The predicted molar refractivity (Wildman–Crippen MR) is 103 cm³/mol. The standard InChI is InChI=1S/C15H30N4O.3ClH/c1-13(19-10-8-18(2)9-11-19)12-17-14(20)15(16)6-4-3-5-7-15;;;/h13H,3-12,16H2,1-2H3,(H,17,20);3*1H. The van der Waals surface area contributed by atoms with Crippen LogP contribution in [0.15, 0.2) is 0 Å². The lowest BCUT2D eigenvalue weighted by atomic mass is 9.82. The minimum Gasteiger partial charge on any atom is -0.353 e. The molecular formula is C15H33Cl3N4O. The van der Waals surface area contributed by atoms with E-state index < -0.39 is 5.54 Å². The van der Waals surface area contributed by atoms with Gasteiger partial charge in [-0.1, -0.05) is 19.3 Å². The fraction of sp³-hybridized carbons (Fsp3) is 0.933. The zero-order valence-corrected chi connectivity index (χ0v) is 16.7. The molecule has 8 heteroatoms. The van der Waals surface area contributed by atoms with Gasteiger partial charge in [0.2, 0.25) is 5.91 Å². The number of rotatable bonds is 4. The van der Waals surface area contributed by atoms with E-state index in [4.69, 9.17) is 5.73 Å². The molecule has 3 N–H and O–H groups in total. The number of piperazine rings is 1. The van der Waals surface area contributed by atoms with Gasteiger partial charge in [0.1, 0.15) is 0 Å². The SMILES string of the molecule is CC(CNC(=O)C1(N)CCCCC1)N1CCN(C)CC1.Cl.Cl.Cl. The fourth-order valence-electron chi connectivity index (χ4n) is 3.22.